The fourth-order valence-electron chi connectivity index (χ4n) is 2.82. The van der Waals surface area contributed by atoms with Gasteiger partial charge in [0, 0.05) is 41.6 Å². The van der Waals surface area contributed by atoms with Crippen molar-refractivity contribution >= 4 is 41.3 Å². The summed E-state index contributed by atoms with van der Waals surface area (Å²) < 4.78 is 11.4. The molecule has 11 heteroatoms. The van der Waals surface area contributed by atoms with Gasteiger partial charge in [-0.15, -0.1) is 12.4 Å². The van der Waals surface area contributed by atoms with Crippen molar-refractivity contribution in [3.05, 3.63) is 88.5 Å². The molecule has 0 spiro atoms. The number of ether oxygens (including phenoxy) is 2. The first kappa shape index (κ1) is 25.9. The molecule has 0 aliphatic rings. The minimum Gasteiger partial charge on any atom is -0.493 e. The van der Waals surface area contributed by atoms with Crippen molar-refractivity contribution in [2.75, 3.05) is 23.8 Å². The number of nitrogen functional groups attached to an aromatic ring is 1. The molecule has 0 unspecified atom stereocenters. The van der Waals surface area contributed by atoms with Crippen LogP contribution in [0, 0.1) is 15.5 Å². The Morgan fingerprint density at radius 3 is 2.12 bits per heavy atom. The summed E-state index contributed by atoms with van der Waals surface area (Å²) in [5, 5.41) is 23.5. The highest BCUT2D eigenvalue weighted by Crippen LogP contribution is 2.19. The fourth-order valence-corrected chi connectivity index (χ4v) is 2.82. The Bertz CT molecular complexity index is 1140. The third-order valence-corrected chi connectivity index (χ3v) is 4.40. The molecule has 0 radical (unpaired) electrons. The van der Waals surface area contributed by atoms with E-state index in [1.165, 1.54) is 24.3 Å². The first-order valence-electron chi connectivity index (χ1n) is 10.0. The van der Waals surface area contributed by atoms with E-state index in [1.807, 2.05) is 0 Å². The smallest absolute Gasteiger partial charge is 0.323 e. The van der Waals surface area contributed by atoms with Crippen LogP contribution in [0.2, 0.25) is 0 Å². The van der Waals surface area contributed by atoms with Gasteiger partial charge in [-0.3, -0.25) is 15.5 Å². The second-order valence-corrected chi connectivity index (χ2v) is 6.90. The van der Waals surface area contributed by atoms with E-state index >= 15 is 0 Å². The number of hydrogen-bond acceptors (Lipinski definition) is 6. The summed E-state index contributed by atoms with van der Waals surface area (Å²) >= 11 is 0. The highest BCUT2D eigenvalue weighted by Gasteiger charge is 2.07. The molecule has 0 aromatic heterocycles. The van der Waals surface area contributed by atoms with Crippen LogP contribution < -0.4 is 25.8 Å². The molecular weight excluding hydrogens is 462 g/mol. The summed E-state index contributed by atoms with van der Waals surface area (Å²) in [5.74, 6) is 1.20. The quantitative estimate of drug-likeness (QED) is 0.106. The molecule has 10 nitrogen and oxygen atoms in total. The SMILES string of the molecule is Cl.N=C(N)c1cccc(OCCCOc2cccc(NC(=O)Nc3ccc([N+](=O)[O-])cc3)c2)c1. The van der Waals surface area contributed by atoms with Gasteiger partial charge < -0.3 is 25.8 Å². The average molecular weight is 486 g/mol. The average Bonchev–Trinajstić information content (AvgIpc) is 2.79. The third kappa shape index (κ3) is 7.99. The van der Waals surface area contributed by atoms with Crippen molar-refractivity contribution in [3.8, 4) is 11.5 Å². The third-order valence-electron chi connectivity index (χ3n) is 4.40. The van der Waals surface area contributed by atoms with E-state index in [0.29, 0.717) is 48.1 Å². The number of nitrogens with zero attached hydrogens (tertiary/aromatic N) is 1. The van der Waals surface area contributed by atoms with Crippen LogP contribution >= 0.6 is 12.4 Å². The van der Waals surface area contributed by atoms with Gasteiger partial charge in [0.15, 0.2) is 0 Å². The van der Waals surface area contributed by atoms with Gasteiger partial charge in [0.2, 0.25) is 0 Å². The number of rotatable bonds is 10. The lowest BCUT2D eigenvalue weighted by molar-refractivity contribution is -0.384. The number of nitrogens with two attached hydrogens (primary N) is 1. The lowest BCUT2D eigenvalue weighted by Gasteiger charge is -2.11. The van der Waals surface area contributed by atoms with E-state index in [4.69, 9.17) is 20.6 Å². The summed E-state index contributed by atoms with van der Waals surface area (Å²) in [6.45, 7) is 0.835. The van der Waals surface area contributed by atoms with Crippen molar-refractivity contribution in [2.24, 2.45) is 5.73 Å². The van der Waals surface area contributed by atoms with Crippen molar-refractivity contribution < 1.29 is 19.2 Å². The Morgan fingerprint density at radius 1 is 0.912 bits per heavy atom. The predicted octanol–water partition coefficient (Wildman–Crippen LogP) is 4.79. The number of non-ortho nitro benzene ring substituents is 1. The number of carbonyl (C=O) groups excluding carboxylic acids is 1. The van der Waals surface area contributed by atoms with E-state index < -0.39 is 11.0 Å². The minimum absolute atomic E-state index is 0. The zero-order chi connectivity index (χ0) is 23.6. The Hall–Kier alpha value is -4.31. The molecule has 178 valence electrons. The van der Waals surface area contributed by atoms with Crippen molar-refractivity contribution in [2.45, 2.75) is 6.42 Å². The zero-order valence-electron chi connectivity index (χ0n) is 18.0. The Labute approximate surface area is 202 Å². The number of halogens is 1. The van der Waals surface area contributed by atoms with Crippen LogP contribution in [0.1, 0.15) is 12.0 Å². The molecule has 3 aromatic carbocycles. The van der Waals surface area contributed by atoms with Gasteiger partial charge in [-0.2, -0.15) is 0 Å². The number of hydrogen-bond donors (Lipinski definition) is 4. The fraction of sp³-hybridized carbons (Fsp3) is 0.130. The Kier molecular flexibility index (Phi) is 9.66. The number of amidine groups is 1. The molecule has 0 saturated heterocycles. The van der Waals surface area contributed by atoms with Crippen LogP contribution in [0.5, 0.6) is 11.5 Å². The molecule has 34 heavy (non-hydrogen) atoms. The Morgan fingerprint density at radius 2 is 1.50 bits per heavy atom. The van der Waals surface area contributed by atoms with Crippen LogP contribution in [0.25, 0.3) is 0 Å². The number of nitro benzene ring substituents is 1. The topological polar surface area (TPSA) is 153 Å². The van der Waals surface area contributed by atoms with Crippen LogP contribution in [0.4, 0.5) is 21.9 Å². The van der Waals surface area contributed by atoms with Crippen LogP contribution in [0.15, 0.2) is 72.8 Å². The summed E-state index contributed by atoms with van der Waals surface area (Å²) in [6.07, 6.45) is 0.628. The molecule has 0 aliphatic heterocycles. The molecule has 3 aromatic rings. The lowest BCUT2D eigenvalue weighted by atomic mass is 10.2. The van der Waals surface area contributed by atoms with Gasteiger partial charge in [-0.1, -0.05) is 18.2 Å². The van der Waals surface area contributed by atoms with E-state index in [9.17, 15) is 14.9 Å². The normalized spacial score (nSPS) is 9.88. The van der Waals surface area contributed by atoms with Gasteiger partial charge in [0.05, 0.1) is 18.1 Å². The van der Waals surface area contributed by atoms with Gasteiger partial charge in [0.25, 0.3) is 5.69 Å². The Balaban J connectivity index is 0.00000408. The van der Waals surface area contributed by atoms with Gasteiger partial charge in [-0.25, -0.2) is 4.79 Å². The largest absolute Gasteiger partial charge is 0.493 e. The maximum atomic E-state index is 12.2. The number of amides is 2. The lowest BCUT2D eigenvalue weighted by Crippen LogP contribution is -2.19. The molecule has 0 heterocycles. The van der Waals surface area contributed by atoms with E-state index in [0.717, 1.165) is 0 Å². The number of urea groups is 1. The molecule has 0 bridgehead atoms. The first-order valence-corrected chi connectivity index (χ1v) is 10.0. The highest BCUT2D eigenvalue weighted by atomic mass is 35.5. The van der Waals surface area contributed by atoms with Crippen LogP contribution in [0.3, 0.4) is 0 Å². The standard InChI is InChI=1S/C23H23N5O5.ClH/c24-22(25)16-4-1-6-20(14-16)32-12-3-13-33-21-7-2-5-18(15-21)27-23(29)26-17-8-10-19(11-9-17)28(30)31;/h1-2,4-11,14-15H,3,12-13H2,(H3,24,25)(H2,26,27,29);1H. The zero-order valence-corrected chi connectivity index (χ0v) is 18.8. The summed E-state index contributed by atoms with van der Waals surface area (Å²) in [4.78, 5) is 22.4. The first-order chi connectivity index (χ1) is 15.9. The van der Waals surface area contributed by atoms with Crippen LogP contribution in [-0.4, -0.2) is 30.0 Å². The predicted molar refractivity (Wildman–Crippen MR) is 132 cm³/mol. The van der Waals surface area contributed by atoms with Gasteiger partial charge >= 0.3 is 6.03 Å². The van der Waals surface area contributed by atoms with E-state index in [1.54, 1.807) is 48.5 Å². The molecule has 0 saturated carbocycles. The number of anilines is 2. The molecule has 3 rings (SSSR count). The minimum atomic E-state index is -0.506. The van der Waals surface area contributed by atoms with Crippen molar-refractivity contribution in [3.63, 3.8) is 0 Å². The molecule has 2 amide bonds. The summed E-state index contributed by atoms with van der Waals surface area (Å²) in [7, 11) is 0. The molecule has 0 fully saturated rings. The maximum absolute atomic E-state index is 12.2. The van der Waals surface area contributed by atoms with E-state index in [2.05, 4.69) is 10.6 Å². The molecule has 5 N–H and O–H groups in total. The van der Waals surface area contributed by atoms with Crippen molar-refractivity contribution in [1.82, 2.24) is 0 Å². The van der Waals surface area contributed by atoms with Gasteiger partial charge in [-0.05, 0) is 36.4 Å². The maximum Gasteiger partial charge on any atom is 0.323 e. The monoisotopic (exact) mass is 485 g/mol. The molecule has 0 aliphatic carbocycles. The number of nitrogens with one attached hydrogen (secondary N) is 3. The van der Waals surface area contributed by atoms with Crippen LogP contribution in [-0.2, 0) is 0 Å². The second-order valence-electron chi connectivity index (χ2n) is 6.90. The number of carbonyl (C=O) groups is 1. The van der Waals surface area contributed by atoms with E-state index in [-0.39, 0.29) is 23.9 Å². The highest BCUT2D eigenvalue weighted by molar-refractivity contribution is 5.99. The summed E-state index contributed by atoms with van der Waals surface area (Å²) in [5.41, 5.74) is 6.98. The number of benzene rings is 3. The second kappa shape index (κ2) is 12.7. The summed E-state index contributed by atoms with van der Waals surface area (Å²) in [6, 6.07) is 19.0. The van der Waals surface area contributed by atoms with Gasteiger partial charge in [0.1, 0.15) is 17.3 Å². The molecular formula is C23H24ClN5O5. The molecule has 0 atom stereocenters. The van der Waals surface area contributed by atoms with Crippen molar-refractivity contribution in [1.29, 1.82) is 5.41 Å². The number of nitro groups is 1.